The maximum Gasteiger partial charge on any atom is 0.256 e. The topological polar surface area (TPSA) is 74.3 Å². The summed E-state index contributed by atoms with van der Waals surface area (Å²) in [6, 6.07) is 13.5. The van der Waals surface area contributed by atoms with Gasteiger partial charge in [0.1, 0.15) is 5.82 Å². The molecular weight excluding hydrogens is 340 g/mol. The van der Waals surface area contributed by atoms with E-state index >= 15 is 0 Å². The van der Waals surface area contributed by atoms with Crippen molar-refractivity contribution < 1.29 is 9.59 Å². The normalized spacial score (nSPS) is 17.9. The van der Waals surface area contributed by atoms with Crippen molar-refractivity contribution in [2.75, 3.05) is 18.4 Å². The number of aromatic nitrogens is 1. The lowest BCUT2D eigenvalue weighted by Crippen LogP contribution is -2.37. The van der Waals surface area contributed by atoms with Crippen molar-refractivity contribution in [3.63, 3.8) is 0 Å². The summed E-state index contributed by atoms with van der Waals surface area (Å²) in [5, 5.41) is 5.79. The highest BCUT2D eigenvalue weighted by Gasteiger charge is 2.20. The van der Waals surface area contributed by atoms with Gasteiger partial charge in [0.25, 0.3) is 5.91 Å². The number of hydrogen-bond acceptors (Lipinski definition) is 4. The third-order valence-corrected chi connectivity index (χ3v) is 4.83. The minimum Gasteiger partial charge on any atom is -0.355 e. The number of carbonyl (C=O) groups is 2. The van der Waals surface area contributed by atoms with Crippen LogP contribution in [0, 0.1) is 0 Å². The summed E-state index contributed by atoms with van der Waals surface area (Å²) in [6.07, 6.45) is 1.33. The first-order chi connectivity index (χ1) is 13.0. The average molecular weight is 366 g/mol. The average Bonchev–Trinajstić information content (AvgIpc) is 2.84. The third kappa shape index (κ3) is 5.14. The Morgan fingerprint density at radius 2 is 2.11 bits per heavy atom. The molecule has 0 radical (unpaired) electrons. The van der Waals surface area contributed by atoms with Crippen molar-refractivity contribution in [2.24, 2.45) is 0 Å². The molecular formula is C21H26N4O2. The summed E-state index contributed by atoms with van der Waals surface area (Å²) >= 11 is 0. The Morgan fingerprint density at radius 3 is 2.93 bits per heavy atom. The first kappa shape index (κ1) is 19.0. The van der Waals surface area contributed by atoms with Crippen LogP contribution in [0.2, 0.25) is 0 Å². The second kappa shape index (κ2) is 8.77. The van der Waals surface area contributed by atoms with Gasteiger partial charge in [-0.25, -0.2) is 4.98 Å². The van der Waals surface area contributed by atoms with Crippen LogP contribution in [0.15, 0.2) is 42.5 Å². The van der Waals surface area contributed by atoms with E-state index in [1.165, 1.54) is 0 Å². The molecule has 1 aliphatic rings. The van der Waals surface area contributed by atoms with Crippen LogP contribution < -0.4 is 10.6 Å². The zero-order valence-corrected chi connectivity index (χ0v) is 15.9. The number of anilines is 1. The van der Waals surface area contributed by atoms with Gasteiger partial charge in [-0.1, -0.05) is 25.1 Å². The van der Waals surface area contributed by atoms with E-state index in [1.807, 2.05) is 37.3 Å². The molecule has 1 aromatic carbocycles. The number of carbonyl (C=O) groups excluding carboxylic acids is 2. The van der Waals surface area contributed by atoms with Crippen LogP contribution in [0.5, 0.6) is 0 Å². The van der Waals surface area contributed by atoms with Gasteiger partial charge >= 0.3 is 0 Å². The fourth-order valence-electron chi connectivity index (χ4n) is 3.16. The quantitative estimate of drug-likeness (QED) is 0.853. The van der Waals surface area contributed by atoms with Gasteiger partial charge in [0.05, 0.1) is 0 Å². The van der Waals surface area contributed by atoms with Crippen molar-refractivity contribution in [1.29, 1.82) is 0 Å². The maximum absolute atomic E-state index is 12.6. The standard InChI is InChI=1S/C21H26N4O2/c1-3-18-8-5-9-19(23-18)24-21(27)17-7-4-6-16(12-17)14-25-11-10-20(26)22-13-15(25)2/h4-9,12,15H,3,10-11,13-14H2,1-2H3,(H,22,26)(H,23,24,27)/t15-/m0/s1. The Bertz CT molecular complexity index is 821. The van der Waals surface area contributed by atoms with Crippen molar-refractivity contribution in [2.45, 2.75) is 39.3 Å². The van der Waals surface area contributed by atoms with Gasteiger partial charge in [0.2, 0.25) is 5.91 Å². The van der Waals surface area contributed by atoms with Crippen LogP contribution in [0.3, 0.4) is 0 Å². The Hall–Kier alpha value is -2.73. The van der Waals surface area contributed by atoms with E-state index in [9.17, 15) is 9.59 Å². The monoisotopic (exact) mass is 366 g/mol. The zero-order chi connectivity index (χ0) is 19.2. The molecule has 6 nitrogen and oxygen atoms in total. The molecule has 3 rings (SSSR count). The molecule has 1 saturated heterocycles. The number of amides is 2. The van der Waals surface area contributed by atoms with Crippen LogP contribution in [0.4, 0.5) is 5.82 Å². The number of rotatable bonds is 5. The van der Waals surface area contributed by atoms with E-state index in [-0.39, 0.29) is 17.9 Å². The summed E-state index contributed by atoms with van der Waals surface area (Å²) in [4.78, 5) is 30.9. The number of nitrogens with one attached hydrogen (secondary N) is 2. The minimum absolute atomic E-state index is 0.0966. The predicted molar refractivity (Wildman–Crippen MR) is 106 cm³/mol. The van der Waals surface area contributed by atoms with Crippen LogP contribution in [0.1, 0.15) is 41.9 Å². The van der Waals surface area contributed by atoms with Crippen LogP contribution in [-0.2, 0) is 17.8 Å². The fourth-order valence-corrected chi connectivity index (χ4v) is 3.16. The van der Waals surface area contributed by atoms with Crippen LogP contribution in [0.25, 0.3) is 0 Å². The molecule has 0 unspecified atom stereocenters. The Labute approximate surface area is 160 Å². The van der Waals surface area contributed by atoms with Crippen molar-refractivity contribution >= 4 is 17.6 Å². The molecule has 1 aromatic heterocycles. The Morgan fingerprint density at radius 1 is 1.30 bits per heavy atom. The van der Waals surface area contributed by atoms with Gasteiger partial charge in [-0.3, -0.25) is 14.5 Å². The largest absolute Gasteiger partial charge is 0.355 e. The first-order valence-electron chi connectivity index (χ1n) is 9.42. The molecule has 27 heavy (non-hydrogen) atoms. The van der Waals surface area contributed by atoms with Crippen molar-refractivity contribution in [3.8, 4) is 0 Å². The zero-order valence-electron chi connectivity index (χ0n) is 15.9. The number of nitrogens with zero attached hydrogens (tertiary/aromatic N) is 2. The smallest absolute Gasteiger partial charge is 0.256 e. The summed E-state index contributed by atoms with van der Waals surface area (Å²) in [7, 11) is 0. The minimum atomic E-state index is -0.168. The fraction of sp³-hybridized carbons (Fsp3) is 0.381. The van der Waals surface area contributed by atoms with E-state index < -0.39 is 0 Å². The number of hydrogen-bond donors (Lipinski definition) is 2. The van der Waals surface area contributed by atoms with Gasteiger partial charge in [-0.15, -0.1) is 0 Å². The highest BCUT2D eigenvalue weighted by molar-refractivity contribution is 6.03. The Kier molecular flexibility index (Phi) is 6.19. The summed E-state index contributed by atoms with van der Waals surface area (Å²) < 4.78 is 0. The molecule has 0 saturated carbocycles. The Balaban J connectivity index is 1.69. The van der Waals surface area contributed by atoms with E-state index in [2.05, 4.69) is 27.4 Å². The summed E-state index contributed by atoms with van der Waals surface area (Å²) in [6.45, 7) is 6.22. The SMILES string of the molecule is CCc1cccc(NC(=O)c2cccc(CN3CCC(=O)NC[C@@H]3C)c2)n1. The lowest BCUT2D eigenvalue weighted by molar-refractivity contribution is -0.120. The molecule has 1 fully saturated rings. The van der Waals surface area contributed by atoms with Crippen LogP contribution in [-0.4, -0.2) is 40.8 Å². The van der Waals surface area contributed by atoms with Crippen molar-refractivity contribution in [3.05, 3.63) is 59.3 Å². The molecule has 1 aliphatic heterocycles. The molecule has 2 amide bonds. The highest BCUT2D eigenvalue weighted by Crippen LogP contribution is 2.14. The molecule has 1 atom stereocenters. The summed E-state index contributed by atoms with van der Waals surface area (Å²) in [5.41, 5.74) is 2.60. The lowest BCUT2D eigenvalue weighted by atomic mass is 10.1. The number of aryl methyl sites for hydroxylation is 1. The predicted octanol–water partition coefficient (Wildman–Crippen LogP) is 2.61. The van der Waals surface area contributed by atoms with E-state index in [1.54, 1.807) is 12.1 Å². The highest BCUT2D eigenvalue weighted by atomic mass is 16.2. The lowest BCUT2D eigenvalue weighted by Gasteiger charge is -2.26. The van der Waals surface area contributed by atoms with Gasteiger partial charge in [-0.05, 0) is 43.2 Å². The second-order valence-corrected chi connectivity index (χ2v) is 6.90. The molecule has 2 heterocycles. The molecule has 0 spiro atoms. The summed E-state index contributed by atoms with van der Waals surface area (Å²) in [5.74, 6) is 0.494. The van der Waals surface area contributed by atoms with Gasteiger partial charge in [0.15, 0.2) is 0 Å². The molecule has 0 bridgehead atoms. The number of pyridine rings is 1. The third-order valence-electron chi connectivity index (χ3n) is 4.83. The second-order valence-electron chi connectivity index (χ2n) is 6.90. The molecule has 6 heteroatoms. The molecule has 0 aliphatic carbocycles. The van der Waals surface area contributed by atoms with Gasteiger partial charge in [0, 0.05) is 43.4 Å². The van der Waals surface area contributed by atoms with E-state index in [0.29, 0.717) is 30.9 Å². The van der Waals surface area contributed by atoms with Gasteiger partial charge < -0.3 is 10.6 Å². The van der Waals surface area contributed by atoms with Gasteiger partial charge in [-0.2, -0.15) is 0 Å². The van der Waals surface area contributed by atoms with Crippen LogP contribution >= 0.6 is 0 Å². The maximum atomic E-state index is 12.6. The van der Waals surface area contributed by atoms with E-state index in [4.69, 9.17) is 0 Å². The van der Waals surface area contributed by atoms with E-state index in [0.717, 1.165) is 24.2 Å². The first-order valence-corrected chi connectivity index (χ1v) is 9.42. The molecule has 2 N–H and O–H groups in total. The molecule has 142 valence electrons. The molecule has 2 aromatic rings. The number of benzene rings is 1. The van der Waals surface area contributed by atoms with Crippen molar-refractivity contribution in [1.82, 2.24) is 15.2 Å².